The molecular formula is C13H20N2O3. The first-order chi connectivity index (χ1) is 8.88. The maximum absolute atomic E-state index is 5.61. The Balaban J connectivity index is 1.74. The second-order valence-electron chi connectivity index (χ2n) is 4.15. The lowest BCUT2D eigenvalue weighted by Crippen LogP contribution is -2.43. The van der Waals surface area contributed by atoms with E-state index in [4.69, 9.17) is 14.4 Å². The highest BCUT2D eigenvalue weighted by molar-refractivity contribution is 5.13. The minimum absolute atomic E-state index is 0.513. The minimum Gasteiger partial charge on any atom is -0.379 e. The van der Waals surface area contributed by atoms with Gasteiger partial charge in [-0.05, 0) is 5.56 Å². The number of hydrogen-bond acceptors (Lipinski definition) is 5. The predicted octanol–water partition coefficient (Wildman–Crippen LogP) is 1.27. The van der Waals surface area contributed by atoms with Gasteiger partial charge >= 0.3 is 0 Å². The van der Waals surface area contributed by atoms with Gasteiger partial charge in [0.25, 0.3) is 0 Å². The van der Waals surface area contributed by atoms with Crippen LogP contribution in [-0.4, -0.2) is 50.2 Å². The third-order valence-electron chi connectivity index (χ3n) is 2.84. The van der Waals surface area contributed by atoms with E-state index in [1.165, 1.54) is 5.23 Å². The van der Waals surface area contributed by atoms with Crippen LogP contribution in [0.1, 0.15) is 5.56 Å². The van der Waals surface area contributed by atoms with Gasteiger partial charge in [-0.1, -0.05) is 35.6 Å². The number of rotatable bonds is 6. The number of hydroxylamine groups is 2. The Morgan fingerprint density at radius 2 is 1.94 bits per heavy atom. The summed E-state index contributed by atoms with van der Waals surface area (Å²) in [5, 5.41) is 1.51. The molecule has 1 aliphatic heterocycles. The van der Waals surface area contributed by atoms with Gasteiger partial charge in [-0.25, -0.2) is 0 Å². The summed E-state index contributed by atoms with van der Waals surface area (Å²) in [7, 11) is 1.62. The van der Waals surface area contributed by atoms with Crippen molar-refractivity contribution in [1.29, 1.82) is 0 Å². The second-order valence-corrected chi connectivity index (χ2v) is 4.15. The minimum atomic E-state index is 0.513. The quantitative estimate of drug-likeness (QED) is 0.712. The van der Waals surface area contributed by atoms with Crippen molar-refractivity contribution in [1.82, 2.24) is 10.1 Å². The van der Waals surface area contributed by atoms with Crippen molar-refractivity contribution in [2.45, 2.75) is 6.61 Å². The summed E-state index contributed by atoms with van der Waals surface area (Å²) in [4.78, 5) is 13.0. The molecule has 0 atom stereocenters. The van der Waals surface area contributed by atoms with E-state index in [0.29, 0.717) is 13.3 Å². The Kier molecular flexibility index (Phi) is 5.57. The van der Waals surface area contributed by atoms with Crippen molar-refractivity contribution < 1.29 is 14.4 Å². The lowest BCUT2D eigenvalue weighted by Gasteiger charge is -2.30. The van der Waals surface area contributed by atoms with Crippen LogP contribution in [0.5, 0.6) is 0 Å². The van der Waals surface area contributed by atoms with Gasteiger partial charge < -0.3 is 4.74 Å². The Labute approximate surface area is 108 Å². The molecule has 0 saturated carbocycles. The van der Waals surface area contributed by atoms with Crippen LogP contribution < -0.4 is 0 Å². The van der Waals surface area contributed by atoms with E-state index in [9.17, 15) is 0 Å². The topological polar surface area (TPSA) is 34.2 Å². The zero-order valence-electron chi connectivity index (χ0n) is 10.7. The van der Waals surface area contributed by atoms with Gasteiger partial charge in [0.15, 0.2) is 0 Å². The Bertz CT molecular complexity index is 328. The summed E-state index contributed by atoms with van der Waals surface area (Å²) in [6.07, 6.45) is 0. The molecule has 0 unspecified atom stereocenters. The Morgan fingerprint density at radius 3 is 2.61 bits per heavy atom. The highest BCUT2D eigenvalue weighted by Crippen LogP contribution is 2.05. The molecule has 1 fully saturated rings. The molecule has 0 aliphatic carbocycles. The molecule has 0 radical (unpaired) electrons. The van der Waals surface area contributed by atoms with E-state index < -0.39 is 0 Å². The van der Waals surface area contributed by atoms with Crippen LogP contribution in [0.4, 0.5) is 0 Å². The zero-order valence-corrected chi connectivity index (χ0v) is 10.7. The first-order valence-electron chi connectivity index (χ1n) is 6.17. The summed E-state index contributed by atoms with van der Waals surface area (Å²) >= 11 is 0. The summed E-state index contributed by atoms with van der Waals surface area (Å²) in [6.45, 7) is 4.52. The molecule has 100 valence electrons. The van der Waals surface area contributed by atoms with Gasteiger partial charge in [-0.2, -0.15) is 0 Å². The van der Waals surface area contributed by atoms with Crippen molar-refractivity contribution in [3.8, 4) is 0 Å². The van der Waals surface area contributed by atoms with Crippen molar-refractivity contribution >= 4 is 0 Å². The SMILES string of the molecule is CON(CN1CCOCC1)OCc1ccccc1. The fraction of sp³-hybridized carbons (Fsp3) is 0.538. The number of hydrogen-bond donors (Lipinski definition) is 0. The van der Waals surface area contributed by atoms with Crippen molar-refractivity contribution in [2.75, 3.05) is 40.1 Å². The molecule has 0 aromatic heterocycles. The molecule has 1 heterocycles. The molecule has 0 spiro atoms. The maximum Gasteiger partial charge on any atom is 0.104 e. The summed E-state index contributed by atoms with van der Waals surface area (Å²) < 4.78 is 5.30. The Morgan fingerprint density at radius 1 is 1.22 bits per heavy atom. The summed E-state index contributed by atoms with van der Waals surface area (Å²) in [5.41, 5.74) is 1.13. The average Bonchev–Trinajstić information content (AvgIpc) is 2.45. The molecular weight excluding hydrogens is 232 g/mol. The molecule has 5 heteroatoms. The van der Waals surface area contributed by atoms with Crippen LogP contribution in [0.15, 0.2) is 30.3 Å². The zero-order chi connectivity index (χ0) is 12.6. The van der Waals surface area contributed by atoms with E-state index in [0.717, 1.165) is 31.9 Å². The van der Waals surface area contributed by atoms with E-state index in [2.05, 4.69) is 4.90 Å². The van der Waals surface area contributed by atoms with E-state index in [-0.39, 0.29) is 0 Å². The standard InChI is InChI=1S/C13H20N2O3/c1-16-15(12-14-7-9-17-10-8-14)18-11-13-5-3-2-4-6-13/h2-6H,7-12H2,1H3. The van der Waals surface area contributed by atoms with E-state index in [1.54, 1.807) is 7.11 Å². The fourth-order valence-corrected chi connectivity index (χ4v) is 1.78. The molecule has 0 bridgehead atoms. The second kappa shape index (κ2) is 7.45. The van der Waals surface area contributed by atoms with Gasteiger partial charge in [-0.15, -0.1) is 0 Å². The Hall–Kier alpha value is -0.980. The number of morpholine rings is 1. The first-order valence-corrected chi connectivity index (χ1v) is 6.17. The summed E-state index contributed by atoms with van der Waals surface area (Å²) in [5.74, 6) is 0. The molecule has 5 nitrogen and oxygen atoms in total. The highest BCUT2D eigenvalue weighted by Gasteiger charge is 2.15. The maximum atomic E-state index is 5.61. The lowest BCUT2D eigenvalue weighted by molar-refractivity contribution is -0.376. The molecule has 1 aromatic rings. The fourth-order valence-electron chi connectivity index (χ4n) is 1.78. The van der Waals surface area contributed by atoms with Gasteiger partial charge in [0, 0.05) is 13.1 Å². The van der Waals surface area contributed by atoms with Gasteiger partial charge in [0.05, 0.1) is 26.9 Å². The molecule has 2 rings (SSSR count). The molecule has 1 saturated heterocycles. The van der Waals surface area contributed by atoms with Crippen LogP contribution in [-0.2, 0) is 21.0 Å². The third kappa shape index (κ3) is 4.36. The van der Waals surface area contributed by atoms with Gasteiger partial charge in [0.2, 0.25) is 0 Å². The predicted molar refractivity (Wildman–Crippen MR) is 67.3 cm³/mol. The summed E-state index contributed by atoms with van der Waals surface area (Å²) in [6, 6.07) is 10.0. The number of benzene rings is 1. The lowest BCUT2D eigenvalue weighted by atomic mass is 10.2. The number of ether oxygens (including phenoxy) is 1. The molecule has 18 heavy (non-hydrogen) atoms. The van der Waals surface area contributed by atoms with Crippen molar-refractivity contribution in [2.24, 2.45) is 0 Å². The number of nitrogens with zero attached hydrogens (tertiary/aromatic N) is 2. The van der Waals surface area contributed by atoms with Crippen LogP contribution in [0.2, 0.25) is 0 Å². The van der Waals surface area contributed by atoms with Crippen molar-refractivity contribution in [3.63, 3.8) is 0 Å². The van der Waals surface area contributed by atoms with Crippen LogP contribution in [0, 0.1) is 0 Å². The van der Waals surface area contributed by atoms with Gasteiger partial charge in [-0.3, -0.25) is 14.6 Å². The highest BCUT2D eigenvalue weighted by atomic mass is 16.9. The first kappa shape index (κ1) is 13.5. The monoisotopic (exact) mass is 252 g/mol. The van der Waals surface area contributed by atoms with Crippen LogP contribution in [0.3, 0.4) is 0 Å². The van der Waals surface area contributed by atoms with Crippen molar-refractivity contribution in [3.05, 3.63) is 35.9 Å². The molecule has 1 aliphatic rings. The third-order valence-corrected chi connectivity index (χ3v) is 2.84. The normalized spacial score (nSPS) is 17.2. The largest absolute Gasteiger partial charge is 0.379 e. The average molecular weight is 252 g/mol. The van der Waals surface area contributed by atoms with Crippen LogP contribution in [0.25, 0.3) is 0 Å². The molecule has 0 N–H and O–H groups in total. The molecule has 1 aromatic carbocycles. The van der Waals surface area contributed by atoms with Crippen LogP contribution >= 0.6 is 0 Å². The molecule has 0 amide bonds. The van der Waals surface area contributed by atoms with E-state index >= 15 is 0 Å². The van der Waals surface area contributed by atoms with E-state index in [1.807, 2.05) is 30.3 Å². The van der Waals surface area contributed by atoms with Gasteiger partial charge in [0.1, 0.15) is 6.67 Å². The smallest absolute Gasteiger partial charge is 0.104 e.